The Morgan fingerprint density at radius 1 is 0.221 bits per heavy atom. The van der Waals surface area contributed by atoms with E-state index >= 15 is 0 Å². The summed E-state index contributed by atoms with van der Waals surface area (Å²) in [6.45, 7) is 0. The number of rotatable bonds is 6. The molecule has 14 rings (SSSR count). The average molecular weight is 862 g/mol. The third kappa shape index (κ3) is 5.63. The molecule has 0 saturated heterocycles. The van der Waals surface area contributed by atoms with Crippen molar-refractivity contribution >= 4 is 49.4 Å². The first-order valence-corrected chi connectivity index (χ1v) is 23.7. The Kier molecular flexibility index (Phi) is 8.57. The summed E-state index contributed by atoms with van der Waals surface area (Å²) in [5.74, 6) is 0. The molecule has 0 heterocycles. The van der Waals surface area contributed by atoms with Crippen LogP contribution in [0, 0.1) is 0 Å². The fourth-order valence-electron chi connectivity index (χ4n) is 11.9. The number of para-hydroxylation sites is 1. The smallest absolute Gasteiger partial charge is 0.0725 e. The zero-order valence-corrected chi connectivity index (χ0v) is 37.3. The molecule has 0 bridgehead atoms. The van der Waals surface area contributed by atoms with Crippen LogP contribution in [0.5, 0.6) is 0 Å². The number of hydrogen-bond donors (Lipinski definition) is 0. The van der Waals surface area contributed by atoms with Crippen molar-refractivity contribution in [2.75, 3.05) is 4.90 Å². The summed E-state index contributed by atoms with van der Waals surface area (Å²) < 4.78 is 0. The first-order valence-electron chi connectivity index (χ1n) is 23.7. The van der Waals surface area contributed by atoms with Gasteiger partial charge in [0.15, 0.2) is 0 Å². The van der Waals surface area contributed by atoms with Gasteiger partial charge in [0.05, 0.1) is 11.1 Å². The Morgan fingerprint density at radius 3 is 1.22 bits per heavy atom. The lowest BCUT2D eigenvalue weighted by Crippen LogP contribution is -2.25. The van der Waals surface area contributed by atoms with Crippen LogP contribution < -0.4 is 4.90 Å². The first-order chi connectivity index (χ1) is 33.7. The Bertz CT molecular complexity index is 3940. The minimum absolute atomic E-state index is 0.487. The van der Waals surface area contributed by atoms with Gasteiger partial charge in [-0.1, -0.05) is 212 Å². The van der Waals surface area contributed by atoms with Crippen molar-refractivity contribution in [2.45, 2.75) is 5.41 Å². The van der Waals surface area contributed by atoms with Crippen molar-refractivity contribution < 1.29 is 0 Å². The van der Waals surface area contributed by atoms with E-state index < -0.39 is 5.41 Å². The molecule has 1 nitrogen and oxygen atoms in total. The van der Waals surface area contributed by atoms with Gasteiger partial charge in [0, 0.05) is 16.9 Å². The van der Waals surface area contributed by atoms with Gasteiger partial charge in [0.1, 0.15) is 0 Å². The van der Waals surface area contributed by atoms with Gasteiger partial charge < -0.3 is 4.90 Å². The van der Waals surface area contributed by atoms with Crippen LogP contribution in [0.25, 0.3) is 88.0 Å². The fourth-order valence-corrected chi connectivity index (χ4v) is 11.9. The van der Waals surface area contributed by atoms with Gasteiger partial charge in [0.2, 0.25) is 0 Å². The van der Waals surface area contributed by atoms with Gasteiger partial charge in [-0.25, -0.2) is 0 Å². The molecule has 12 aromatic carbocycles. The van der Waals surface area contributed by atoms with Crippen LogP contribution in [0.2, 0.25) is 0 Å². The maximum Gasteiger partial charge on any atom is 0.0725 e. The summed E-state index contributed by atoms with van der Waals surface area (Å²) in [5, 5.41) is 7.79. The van der Waals surface area contributed by atoms with Crippen molar-refractivity contribution in [3.05, 3.63) is 283 Å². The first kappa shape index (κ1) is 38.5. The van der Waals surface area contributed by atoms with Crippen LogP contribution in [0.15, 0.2) is 261 Å². The van der Waals surface area contributed by atoms with Crippen LogP contribution in [0.3, 0.4) is 0 Å². The average Bonchev–Trinajstić information content (AvgIpc) is 3.88. The summed E-state index contributed by atoms with van der Waals surface area (Å²) in [7, 11) is 0. The van der Waals surface area contributed by atoms with Crippen LogP contribution >= 0.6 is 0 Å². The van der Waals surface area contributed by atoms with Crippen molar-refractivity contribution in [3.8, 4) is 55.6 Å². The molecule has 1 spiro atoms. The third-order valence-corrected chi connectivity index (χ3v) is 14.9. The molecule has 1 atom stereocenters. The lowest BCUT2D eigenvalue weighted by Gasteiger charge is -2.31. The summed E-state index contributed by atoms with van der Waals surface area (Å²) in [5.41, 5.74) is 20.6. The van der Waals surface area contributed by atoms with Crippen molar-refractivity contribution in [1.29, 1.82) is 0 Å². The predicted octanol–water partition coefficient (Wildman–Crippen LogP) is 18.0. The third-order valence-electron chi connectivity index (χ3n) is 14.9. The Balaban J connectivity index is 0.941. The highest BCUT2D eigenvalue weighted by atomic mass is 15.1. The fraction of sp³-hybridized carbons (Fsp3) is 0.0149. The Labute approximate surface area is 396 Å². The van der Waals surface area contributed by atoms with Gasteiger partial charge in [-0.05, 0) is 153 Å². The molecule has 0 aliphatic heterocycles. The predicted molar refractivity (Wildman–Crippen MR) is 286 cm³/mol. The van der Waals surface area contributed by atoms with Gasteiger partial charge in [0.25, 0.3) is 0 Å². The number of anilines is 3. The molecule has 12 aromatic rings. The van der Waals surface area contributed by atoms with Crippen molar-refractivity contribution in [1.82, 2.24) is 0 Å². The lowest BCUT2D eigenvalue weighted by molar-refractivity contribution is 0.795. The molecule has 0 amide bonds. The zero-order valence-electron chi connectivity index (χ0n) is 37.3. The molecule has 68 heavy (non-hydrogen) atoms. The molecule has 0 radical (unpaired) electrons. The molecule has 316 valence electrons. The van der Waals surface area contributed by atoms with Gasteiger partial charge in [-0.2, -0.15) is 0 Å². The molecule has 0 saturated carbocycles. The molecule has 0 N–H and O–H groups in total. The largest absolute Gasteiger partial charge is 0.310 e. The second-order valence-electron chi connectivity index (χ2n) is 18.3. The number of nitrogens with zero attached hydrogens (tertiary/aromatic N) is 1. The summed E-state index contributed by atoms with van der Waals surface area (Å²) in [6.07, 6.45) is 0. The maximum absolute atomic E-state index is 2.56. The summed E-state index contributed by atoms with van der Waals surface area (Å²) in [4.78, 5) is 2.40. The Morgan fingerprint density at radius 2 is 0.618 bits per heavy atom. The van der Waals surface area contributed by atoms with E-state index in [2.05, 4.69) is 266 Å². The monoisotopic (exact) mass is 861 g/mol. The second kappa shape index (κ2) is 15.1. The minimum Gasteiger partial charge on any atom is -0.310 e. The normalized spacial score (nSPS) is 14.2. The van der Waals surface area contributed by atoms with E-state index in [0.29, 0.717) is 0 Å². The van der Waals surface area contributed by atoms with Gasteiger partial charge in [-0.3, -0.25) is 0 Å². The lowest BCUT2D eigenvalue weighted by atomic mass is 9.70. The standard InChI is InChI=1S/C67H43N/c1-3-17-44(18-4-1)45-31-36-49(37-32-45)68(66-30-16-13-21-51(66)47-19-5-2-6-20-47)50-38-33-46(34-39-50)48-35-40-58-56-26-11-14-28-62(56)67(64(58)41-48)63-29-15-12-27-57(63)61-42-59-54-24-9-7-22-52(54)53-23-8-10-25-55(53)60(59)43-65(61)67/h1-43H. The summed E-state index contributed by atoms with van der Waals surface area (Å²) in [6, 6.07) is 96.8. The number of benzene rings is 12. The van der Waals surface area contributed by atoms with Crippen LogP contribution in [-0.2, 0) is 5.41 Å². The molecular weight excluding hydrogens is 819 g/mol. The number of fused-ring (bicyclic) bond motifs is 16. The highest BCUT2D eigenvalue weighted by Gasteiger charge is 2.52. The molecule has 0 fully saturated rings. The quantitative estimate of drug-likeness (QED) is 0.151. The van der Waals surface area contributed by atoms with Crippen LogP contribution in [0.4, 0.5) is 17.1 Å². The Hall–Kier alpha value is -8.78. The van der Waals surface area contributed by atoms with Crippen LogP contribution in [-0.4, -0.2) is 0 Å². The van der Waals surface area contributed by atoms with E-state index in [-0.39, 0.29) is 0 Å². The minimum atomic E-state index is -0.487. The highest BCUT2D eigenvalue weighted by molar-refractivity contribution is 6.26. The van der Waals surface area contributed by atoms with Gasteiger partial charge >= 0.3 is 0 Å². The second-order valence-corrected chi connectivity index (χ2v) is 18.3. The van der Waals surface area contributed by atoms with E-state index in [4.69, 9.17) is 0 Å². The van der Waals surface area contributed by atoms with Crippen LogP contribution in [0.1, 0.15) is 22.3 Å². The molecular formula is C67H43N. The zero-order chi connectivity index (χ0) is 44.8. The van der Waals surface area contributed by atoms with E-state index in [9.17, 15) is 0 Å². The van der Waals surface area contributed by atoms with E-state index in [1.54, 1.807) is 0 Å². The molecule has 1 heteroatoms. The van der Waals surface area contributed by atoms with E-state index in [0.717, 1.165) is 17.1 Å². The molecule has 0 aromatic heterocycles. The maximum atomic E-state index is 2.56. The topological polar surface area (TPSA) is 3.24 Å². The van der Waals surface area contributed by atoms with Crippen molar-refractivity contribution in [2.24, 2.45) is 0 Å². The highest BCUT2D eigenvalue weighted by Crippen LogP contribution is 2.64. The van der Waals surface area contributed by atoms with Gasteiger partial charge in [-0.15, -0.1) is 0 Å². The molecule has 2 aliphatic carbocycles. The van der Waals surface area contributed by atoms with E-state index in [1.165, 1.54) is 110 Å². The summed E-state index contributed by atoms with van der Waals surface area (Å²) >= 11 is 0. The SMILES string of the molecule is c1ccc(-c2ccc(N(c3ccc(-c4ccc5c(c4)C4(c6ccccc6-5)c5ccccc5-c5cc6c7ccccc7c7ccccc7c6cc54)cc3)c3ccccc3-c3ccccc3)cc2)cc1. The van der Waals surface area contributed by atoms with Crippen molar-refractivity contribution in [3.63, 3.8) is 0 Å². The number of hydrogen-bond acceptors (Lipinski definition) is 1. The van der Waals surface area contributed by atoms with E-state index in [1.807, 2.05) is 0 Å². The molecule has 1 unspecified atom stereocenters. The molecule has 2 aliphatic rings.